The fraction of sp³-hybridized carbons (Fsp3) is 0.538. The Morgan fingerprint density at radius 3 is 2.55 bits per heavy atom. The number of piperidine rings is 1. The summed E-state index contributed by atoms with van der Waals surface area (Å²) in [5, 5.41) is 5.99. The summed E-state index contributed by atoms with van der Waals surface area (Å²) in [7, 11) is 0. The Balaban J connectivity index is 0.00000220. The van der Waals surface area contributed by atoms with Crippen LogP contribution < -0.4 is 10.6 Å². The van der Waals surface area contributed by atoms with Crippen molar-refractivity contribution in [2.24, 2.45) is 5.92 Å². The molecule has 0 radical (unpaired) electrons. The van der Waals surface area contributed by atoms with Gasteiger partial charge in [0.25, 0.3) is 5.91 Å². The predicted octanol–water partition coefficient (Wildman–Crippen LogP) is 2.67. The minimum absolute atomic E-state index is 0. The standard InChI is InChI=1S/C13H16F3N3O.2ClH/c1-8-4-5-17-7-10(8)19-12(20)9-2-3-11(18-6-9)13(14,15)16;;/h2-3,6,8,10,17H,4-5,7H2,1H3,(H,19,20);2*1H. The summed E-state index contributed by atoms with van der Waals surface area (Å²) in [5.41, 5.74) is -0.863. The molecule has 1 aliphatic heterocycles. The van der Waals surface area contributed by atoms with Gasteiger partial charge in [0.2, 0.25) is 0 Å². The van der Waals surface area contributed by atoms with Gasteiger partial charge in [-0.2, -0.15) is 13.2 Å². The second kappa shape index (κ2) is 8.55. The molecule has 9 heteroatoms. The van der Waals surface area contributed by atoms with Crippen LogP contribution in [0.25, 0.3) is 0 Å². The molecule has 2 heterocycles. The first kappa shape index (κ1) is 20.9. The van der Waals surface area contributed by atoms with E-state index < -0.39 is 17.8 Å². The highest BCUT2D eigenvalue weighted by atomic mass is 35.5. The van der Waals surface area contributed by atoms with Gasteiger partial charge in [0.05, 0.1) is 5.56 Å². The lowest BCUT2D eigenvalue weighted by atomic mass is 9.94. The van der Waals surface area contributed by atoms with Gasteiger partial charge in [-0.05, 0) is 31.0 Å². The minimum Gasteiger partial charge on any atom is -0.348 e. The Morgan fingerprint density at radius 1 is 1.36 bits per heavy atom. The number of rotatable bonds is 2. The van der Waals surface area contributed by atoms with E-state index in [1.54, 1.807) is 0 Å². The van der Waals surface area contributed by atoms with E-state index in [4.69, 9.17) is 0 Å². The Hall–Kier alpha value is -1.05. The van der Waals surface area contributed by atoms with E-state index in [2.05, 4.69) is 15.6 Å². The van der Waals surface area contributed by atoms with E-state index >= 15 is 0 Å². The summed E-state index contributed by atoms with van der Waals surface area (Å²) < 4.78 is 37.1. The molecule has 0 saturated carbocycles. The van der Waals surface area contributed by atoms with E-state index in [0.717, 1.165) is 31.3 Å². The van der Waals surface area contributed by atoms with Gasteiger partial charge in [-0.3, -0.25) is 9.78 Å². The molecule has 0 aliphatic carbocycles. The second-order valence-corrected chi connectivity index (χ2v) is 4.98. The van der Waals surface area contributed by atoms with Crippen molar-refractivity contribution < 1.29 is 18.0 Å². The summed E-state index contributed by atoms with van der Waals surface area (Å²) in [6.45, 7) is 3.62. The Kier molecular flexibility index (Phi) is 8.14. The lowest BCUT2D eigenvalue weighted by molar-refractivity contribution is -0.141. The molecule has 4 nitrogen and oxygen atoms in total. The van der Waals surface area contributed by atoms with Crippen molar-refractivity contribution in [3.05, 3.63) is 29.6 Å². The molecule has 1 saturated heterocycles. The number of nitrogens with zero attached hydrogens (tertiary/aromatic N) is 1. The molecule has 1 amide bonds. The molecular weight excluding hydrogens is 342 g/mol. The molecule has 2 rings (SSSR count). The highest BCUT2D eigenvalue weighted by Gasteiger charge is 2.32. The van der Waals surface area contributed by atoms with Gasteiger partial charge in [0.15, 0.2) is 0 Å². The minimum atomic E-state index is -4.49. The molecule has 0 aromatic carbocycles. The third kappa shape index (κ3) is 5.30. The van der Waals surface area contributed by atoms with Crippen LogP contribution in [0.1, 0.15) is 29.4 Å². The number of hydrogen-bond donors (Lipinski definition) is 2. The number of carbonyl (C=O) groups excluding carboxylic acids is 1. The molecule has 1 aromatic heterocycles. The van der Waals surface area contributed by atoms with Crippen LogP contribution in [0, 0.1) is 5.92 Å². The van der Waals surface area contributed by atoms with E-state index in [1.165, 1.54) is 0 Å². The van der Waals surface area contributed by atoms with Crippen molar-refractivity contribution >= 4 is 30.7 Å². The molecule has 22 heavy (non-hydrogen) atoms. The molecule has 0 spiro atoms. The van der Waals surface area contributed by atoms with Gasteiger partial charge in [0.1, 0.15) is 5.69 Å². The van der Waals surface area contributed by atoms with Crippen LogP contribution in [-0.2, 0) is 6.18 Å². The van der Waals surface area contributed by atoms with Crippen molar-refractivity contribution in [3.8, 4) is 0 Å². The first-order valence-corrected chi connectivity index (χ1v) is 6.43. The Labute approximate surface area is 139 Å². The summed E-state index contributed by atoms with van der Waals surface area (Å²) in [5.74, 6) is -0.0608. The number of aromatic nitrogens is 1. The van der Waals surface area contributed by atoms with Crippen LogP contribution in [0.3, 0.4) is 0 Å². The zero-order valence-electron chi connectivity index (χ0n) is 11.8. The molecular formula is C13H18Cl2F3N3O. The number of hydrogen-bond acceptors (Lipinski definition) is 3. The largest absolute Gasteiger partial charge is 0.433 e. The molecule has 0 bridgehead atoms. The molecule has 1 aliphatic rings. The third-order valence-corrected chi connectivity index (χ3v) is 3.46. The summed E-state index contributed by atoms with van der Waals surface area (Å²) in [4.78, 5) is 15.2. The van der Waals surface area contributed by atoms with E-state index in [0.29, 0.717) is 12.5 Å². The predicted molar refractivity (Wildman–Crippen MR) is 81.6 cm³/mol. The zero-order valence-corrected chi connectivity index (χ0v) is 13.4. The van der Waals surface area contributed by atoms with Gasteiger partial charge < -0.3 is 10.6 Å². The molecule has 2 N–H and O–H groups in total. The molecule has 2 unspecified atom stereocenters. The fourth-order valence-corrected chi connectivity index (χ4v) is 2.13. The number of pyridine rings is 1. The maximum Gasteiger partial charge on any atom is 0.433 e. The molecule has 1 fully saturated rings. The van der Waals surface area contributed by atoms with Crippen molar-refractivity contribution in [3.63, 3.8) is 0 Å². The zero-order chi connectivity index (χ0) is 14.8. The Bertz CT molecular complexity index is 482. The van der Waals surface area contributed by atoms with Gasteiger partial charge in [0, 0.05) is 18.8 Å². The van der Waals surface area contributed by atoms with Crippen LogP contribution in [0.4, 0.5) is 13.2 Å². The van der Waals surface area contributed by atoms with E-state index in [-0.39, 0.29) is 36.4 Å². The summed E-state index contributed by atoms with van der Waals surface area (Å²) in [6.07, 6.45) is -2.58. The smallest absolute Gasteiger partial charge is 0.348 e. The number of amides is 1. The molecule has 126 valence electrons. The highest BCUT2D eigenvalue weighted by molar-refractivity contribution is 5.94. The number of alkyl halides is 3. The summed E-state index contributed by atoms with van der Waals surface area (Å²) >= 11 is 0. The van der Waals surface area contributed by atoms with Gasteiger partial charge in [-0.1, -0.05) is 6.92 Å². The van der Waals surface area contributed by atoms with Crippen molar-refractivity contribution in [1.82, 2.24) is 15.6 Å². The van der Waals surface area contributed by atoms with Gasteiger partial charge in [-0.15, -0.1) is 24.8 Å². The molecule has 1 aromatic rings. The number of nitrogens with one attached hydrogen (secondary N) is 2. The lowest BCUT2D eigenvalue weighted by Crippen LogP contribution is -2.50. The maximum atomic E-state index is 12.4. The average molecular weight is 360 g/mol. The number of carbonyl (C=O) groups is 1. The normalized spacial score (nSPS) is 21.3. The first-order valence-electron chi connectivity index (χ1n) is 6.43. The second-order valence-electron chi connectivity index (χ2n) is 4.98. The van der Waals surface area contributed by atoms with E-state index in [9.17, 15) is 18.0 Å². The maximum absolute atomic E-state index is 12.4. The van der Waals surface area contributed by atoms with Crippen LogP contribution in [0.15, 0.2) is 18.3 Å². The van der Waals surface area contributed by atoms with Crippen LogP contribution in [-0.4, -0.2) is 30.0 Å². The van der Waals surface area contributed by atoms with Crippen molar-refractivity contribution in [1.29, 1.82) is 0 Å². The Morgan fingerprint density at radius 2 is 2.05 bits per heavy atom. The molecule has 2 atom stereocenters. The topological polar surface area (TPSA) is 54.0 Å². The van der Waals surface area contributed by atoms with Crippen LogP contribution >= 0.6 is 24.8 Å². The third-order valence-electron chi connectivity index (χ3n) is 3.46. The van der Waals surface area contributed by atoms with E-state index in [1.807, 2.05) is 6.92 Å². The SMILES string of the molecule is CC1CCNCC1NC(=O)c1ccc(C(F)(F)F)nc1.Cl.Cl. The van der Waals surface area contributed by atoms with Crippen molar-refractivity contribution in [2.45, 2.75) is 25.6 Å². The van der Waals surface area contributed by atoms with Crippen LogP contribution in [0.5, 0.6) is 0 Å². The monoisotopic (exact) mass is 359 g/mol. The highest BCUT2D eigenvalue weighted by Crippen LogP contribution is 2.27. The fourth-order valence-electron chi connectivity index (χ4n) is 2.13. The van der Waals surface area contributed by atoms with Gasteiger partial charge in [-0.25, -0.2) is 0 Å². The summed E-state index contributed by atoms with van der Waals surface area (Å²) in [6, 6.07) is 1.95. The van der Waals surface area contributed by atoms with Gasteiger partial charge >= 0.3 is 6.18 Å². The first-order chi connectivity index (χ1) is 9.38. The quantitative estimate of drug-likeness (QED) is 0.853. The lowest BCUT2D eigenvalue weighted by Gasteiger charge is -2.30. The van der Waals surface area contributed by atoms with Crippen LogP contribution in [0.2, 0.25) is 0 Å². The average Bonchev–Trinajstić information content (AvgIpc) is 2.40. The van der Waals surface area contributed by atoms with Crippen molar-refractivity contribution in [2.75, 3.05) is 13.1 Å². The number of halogens is 5.